The Morgan fingerprint density at radius 2 is 1.62 bits per heavy atom. The summed E-state index contributed by atoms with van der Waals surface area (Å²) in [4.78, 5) is 12.1. The monoisotopic (exact) mass is 277 g/mol. The molecule has 1 aromatic heterocycles. The van der Waals surface area contributed by atoms with Crippen molar-refractivity contribution < 1.29 is 4.79 Å². The second-order valence-electron chi connectivity index (χ2n) is 4.74. The standard InChI is InChI=1S/C17H15N3O/c1-20-16(11-12-18-20)17(21)19-15-9-7-14(8-10-15)13-5-3-2-4-6-13/h2-12H,1H3,(H,19,21). The van der Waals surface area contributed by atoms with Crippen LogP contribution in [0, 0.1) is 0 Å². The minimum atomic E-state index is -0.164. The lowest BCUT2D eigenvalue weighted by atomic mass is 10.1. The predicted molar refractivity (Wildman–Crippen MR) is 83.0 cm³/mol. The first-order chi connectivity index (χ1) is 10.2. The number of rotatable bonds is 3. The molecule has 0 aliphatic carbocycles. The van der Waals surface area contributed by atoms with Crippen molar-refractivity contribution in [2.24, 2.45) is 7.05 Å². The van der Waals surface area contributed by atoms with Crippen LogP contribution in [0.1, 0.15) is 10.5 Å². The molecule has 3 aromatic rings. The molecule has 0 fully saturated rings. The third kappa shape index (κ3) is 2.84. The van der Waals surface area contributed by atoms with Gasteiger partial charge in [0, 0.05) is 18.9 Å². The summed E-state index contributed by atoms with van der Waals surface area (Å²) in [7, 11) is 1.74. The summed E-state index contributed by atoms with van der Waals surface area (Å²) in [6.45, 7) is 0. The van der Waals surface area contributed by atoms with Crippen molar-refractivity contribution in [1.29, 1.82) is 0 Å². The lowest BCUT2D eigenvalue weighted by Crippen LogP contribution is -2.15. The van der Waals surface area contributed by atoms with Gasteiger partial charge in [0.2, 0.25) is 0 Å². The molecular weight excluding hydrogens is 262 g/mol. The molecule has 3 rings (SSSR count). The van der Waals surface area contributed by atoms with Crippen LogP contribution in [0.2, 0.25) is 0 Å². The number of aryl methyl sites for hydroxylation is 1. The number of carbonyl (C=O) groups is 1. The van der Waals surface area contributed by atoms with Gasteiger partial charge < -0.3 is 5.32 Å². The fraction of sp³-hybridized carbons (Fsp3) is 0.0588. The Kier molecular flexibility index (Phi) is 3.51. The van der Waals surface area contributed by atoms with E-state index in [1.165, 1.54) is 0 Å². The summed E-state index contributed by atoms with van der Waals surface area (Å²) in [6.07, 6.45) is 1.60. The van der Waals surface area contributed by atoms with Gasteiger partial charge in [-0.3, -0.25) is 9.48 Å². The molecule has 0 bridgehead atoms. The third-order valence-electron chi connectivity index (χ3n) is 3.30. The van der Waals surface area contributed by atoms with Gasteiger partial charge >= 0.3 is 0 Å². The quantitative estimate of drug-likeness (QED) is 0.798. The number of benzene rings is 2. The SMILES string of the molecule is Cn1nccc1C(=O)Nc1ccc(-c2ccccc2)cc1. The van der Waals surface area contributed by atoms with Crippen LogP contribution in [0.4, 0.5) is 5.69 Å². The van der Waals surface area contributed by atoms with Crippen molar-refractivity contribution in [3.8, 4) is 11.1 Å². The van der Waals surface area contributed by atoms with Crippen molar-refractivity contribution in [2.45, 2.75) is 0 Å². The highest BCUT2D eigenvalue weighted by atomic mass is 16.2. The topological polar surface area (TPSA) is 46.9 Å². The minimum absolute atomic E-state index is 0.164. The van der Waals surface area contributed by atoms with Crippen LogP contribution >= 0.6 is 0 Å². The molecule has 0 spiro atoms. The Morgan fingerprint density at radius 3 is 2.24 bits per heavy atom. The van der Waals surface area contributed by atoms with Crippen LogP contribution in [0.3, 0.4) is 0 Å². The maximum Gasteiger partial charge on any atom is 0.273 e. The molecule has 1 heterocycles. The summed E-state index contributed by atoms with van der Waals surface area (Å²) in [5.41, 5.74) is 3.57. The number of carbonyl (C=O) groups excluding carboxylic acids is 1. The number of hydrogen-bond donors (Lipinski definition) is 1. The maximum absolute atomic E-state index is 12.1. The van der Waals surface area contributed by atoms with Gasteiger partial charge in [-0.05, 0) is 29.3 Å². The number of anilines is 1. The van der Waals surface area contributed by atoms with Crippen molar-refractivity contribution in [2.75, 3.05) is 5.32 Å². The molecule has 0 radical (unpaired) electrons. The Morgan fingerprint density at radius 1 is 0.952 bits per heavy atom. The van der Waals surface area contributed by atoms with Gasteiger partial charge in [0.25, 0.3) is 5.91 Å². The number of amides is 1. The van der Waals surface area contributed by atoms with Gasteiger partial charge in [-0.15, -0.1) is 0 Å². The molecule has 0 unspecified atom stereocenters. The van der Waals surface area contributed by atoms with Crippen LogP contribution in [0.25, 0.3) is 11.1 Å². The zero-order chi connectivity index (χ0) is 14.7. The highest BCUT2D eigenvalue weighted by Crippen LogP contribution is 2.21. The summed E-state index contributed by atoms with van der Waals surface area (Å²) < 4.78 is 1.55. The van der Waals surface area contributed by atoms with Crippen LogP contribution < -0.4 is 5.32 Å². The lowest BCUT2D eigenvalue weighted by molar-refractivity contribution is 0.101. The summed E-state index contributed by atoms with van der Waals surface area (Å²) >= 11 is 0. The number of hydrogen-bond acceptors (Lipinski definition) is 2. The molecule has 0 saturated carbocycles. The predicted octanol–water partition coefficient (Wildman–Crippen LogP) is 3.34. The molecule has 4 nitrogen and oxygen atoms in total. The molecule has 2 aromatic carbocycles. The van der Waals surface area contributed by atoms with Crippen molar-refractivity contribution in [3.63, 3.8) is 0 Å². The maximum atomic E-state index is 12.1. The number of nitrogens with zero attached hydrogens (tertiary/aromatic N) is 2. The molecule has 21 heavy (non-hydrogen) atoms. The Labute approximate surface area is 123 Å². The number of nitrogens with one attached hydrogen (secondary N) is 1. The van der Waals surface area contributed by atoms with Crippen molar-refractivity contribution in [1.82, 2.24) is 9.78 Å². The molecule has 0 atom stereocenters. The summed E-state index contributed by atoms with van der Waals surface area (Å²) in [6, 6.07) is 19.6. The number of aromatic nitrogens is 2. The van der Waals surface area contributed by atoms with Gasteiger partial charge in [0.1, 0.15) is 5.69 Å². The molecule has 4 heteroatoms. The van der Waals surface area contributed by atoms with E-state index in [0.717, 1.165) is 16.8 Å². The average Bonchev–Trinajstić information content (AvgIpc) is 2.95. The zero-order valence-corrected chi connectivity index (χ0v) is 11.7. The molecule has 0 aliphatic heterocycles. The van der Waals surface area contributed by atoms with E-state index >= 15 is 0 Å². The summed E-state index contributed by atoms with van der Waals surface area (Å²) in [5, 5.41) is 6.85. The van der Waals surface area contributed by atoms with Crippen LogP contribution in [0.15, 0.2) is 66.9 Å². The van der Waals surface area contributed by atoms with E-state index in [9.17, 15) is 4.79 Å². The van der Waals surface area contributed by atoms with Gasteiger partial charge in [0.05, 0.1) is 0 Å². The molecule has 0 saturated heterocycles. The van der Waals surface area contributed by atoms with E-state index in [2.05, 4.69) is 22.5 Å². The smallest absolute Gasteiger partial charge is 0.273 e. The van der Waals surface area contributed by atoms with Gasteiger partial charge in [-0.25, -0.2) is 0 Å². The van der Waals surface area contributed by atoms with E-state index < -0.39 is 0 Å². The van der Waals surface area contributed by atoms with E-state index in [0.29, 0.717) is 5.69 Å². The Hall–Kier alpha value is -2.88. The van der Waals surface area contributed by atoms with Crippen LogP contribution in [-0.2, 0) is 7.05 Å². The molecule has 1 N–H and O–H groups in total. The largest absolute Gasteiger partial charge is 0.321 e. The highest BCUT2D eigenvalue weighted by Gasteiger charge is 2.09. The summed E-state index contributed by atoms with van der Waals surface area (Å²) in [5.74, 6) is -0.164. The van der Waals surface area contributed by atoms with Crippen LogP contribution in [0.5, 0.6) is 0 Å². The Balaban J connectivity index is 1.76. The lowest BCUT2D eigenvalue weighted by Gasteiger charge is -2.07. The zero-order valence-electron chi connectivity index (χ0n) is 11.7. The first-order valence-electron chi connectivity index (χ1n) is 6.69. The van der Waals surface area contributed by atoms with Crippen LogP contribution in [-0.4, -0.2) is 15.7 Å². The van der Waals surface area contributed by atoms with Gasteiger partial charge in [-0.2, -0.15) is 5.10 Å². The van der Waals surface area contributed by atoms with E-state index in [4.69, 9.17) is 0 Å². The Bertz CT molecular complexity index is 745. The first-order valence-corrected chi connectivity index (χ1v) is 6.69. The van der Waals surface area contributed by atoms with Crippen molar-refractivity contribution in [3.05, 3.63) is 72.6 Å². The molecule has 1 amide bonds. The highest BCUT2D eigenvalue weighted by molar-refractivity contribution is 6.03. The van der Waals surface area contributed by atoms with E-state index in [1.54, 1.807) is 24.0 Å². The average molecular weight is 277 g/mol. The second-order valence-corrected chi connectivity index (χ2v) is 4.74. The first kappa shape index (κ1) is 13.1. The fourth-order valence-electron chi connectivity index (χ4n) is 2.17. The second kappa shape index (κ2) is 5.63. The minimum Gasteiger partial charge on any atom is -0.321 e. The normalized spacial score (nSPS) is 10.3. The van der Waals surface area contributed by atoms with Gasteiger partial charge in [-0.1, -0.05) is 42.5 Å². The van der Waals surface area contributed by atoms with Crippen molar-refractivity contribution >= 4 is 11.6 Å². The fourth-order valence-corrected chi connectivity index (χ4v) is 2.17. The molecule has 104 valence electrons. The van der Waals surface area contributed by atoms with Gasteiger partial charge in [0.15, 0.2) is 0 Å². The van der Waals surface area contributed by atoms with E-state index in [1.807, 2.05) is 42.5 Å². The van der Waals surface area contributed by atoms with E-state index in [-0.39, 0.29) is 5.91 Å². The third-order valence-corrected chi connectivity index (χ3v) is 3.30. The molecular formula is C17H15N3O. The molecule has 0 aliphatic rings.